The molecule has 0 amide bonds. The Bertz CT molecular complexity index is 9850. The van der Waals surface area contributed by atoms with E-state index in [2.05, 4.69) is 519 Å². The van der Waals surface area contributed by atoms with Crippen molar-refractivity contribution >= 4 is 144 Å². The number of hydrogen-bond acceptors (Lipinski definition) is 9. The zero-order valence-electron chi connectivity index (χ0n) is 79.9. The second kappa shape index (κ2) is 34.1. The normalized spacial score (nSPS) is 13.6. The van der Waals surface area contributed by atoms with Gasteiger partial charge in [0, 0.05) is 101 Å². The fourth-order valence-electron chi connectivity index (χ4n) is 25.2. The van der Waals surface area contributed by atoms with Gasteiger partial charge in [0.2, 0.25) is 0 Å². The van der Waals surface area contributed by atoms with E-state index in [1.165, 1.54) is 167 Å². The van der Waals surface area contributed by atoms with Gasteiger partial charge in [-0.3, -0.25) is 0 Å². The van der Waals surface area contributed by atoms with E-state index in [4.69, 9.17) is 13.6 Å². The maximum Gasteiger partial charge on any atom is 0.145 e. The third-order valence-electron chi connectivity index (χ3n) is 31.4. The molecule has 0 radical (unpaired) electrons. The number of nitrogens with one attached hydrogen (secondary N) is 3. The fraction of sp³-hybridized carbons (Fsp3) is 0.0216. The van der Waals surface area contributed by atoms with Crippen molar-refractivity contribution in [1.82, 2.24) is 0 Å². The van der Waals surface area contributed by atoms with Crippen molar-refractivity contribution in [2.45, 2.75) is 35.8 Å². The predicted molar refractivity (Wildman–Crippen MR) is 615 cm³/mol. The van der Waals surface area contributed by atoms with E-state index in [0.717, 1.165) is 117 Å². The molecule has 0 fully saturated rings. The molecule has 6 aliphatic rings. The highest BCUT2D eigenvalue weighted by molar-refractivity contribution is 7.99. The summed E-state index contributed by atoms with van der Waals surface area (Å²) in [6.07, 6.45) is 0. The molecule has 26 aromatic rings. The maximum atomic E-state index is 6.62. The number of hydrogen-bond donors (Lipinski definition) is 3. The van der Waals surface area contributed by atoms with E-state index < -0.39 is 10.8 Å². The van der Waals surface area contributed by atoms with Crippen LogP contribution < -0.4 is 20.7 Å². The third-order valence-corrected chi connectivity index (χ3v) is 34.8. The number of ether oxygens (including phenoxy) is 1. The Kier molecular flexibility index (Phi) is 19.7. The van der Waals surface area contributed by atoms with Crippen LogP contribution in [-0.4, -0.2) is 0 Å². The van der Waals surface area contributed by atoms with Crippen LogP contribution in [-0.2, 0) is 16.2 Å². The van der Waals surface area contributed by atoms with Gasteiger partial charge < -0.3 is 29.5 Å². The lowest BCUT2D eigenvalue weighted by Crippen LogP contribution is -2.32. The molecule has 0 saturated heterocycles. The van der Waals surface area contributed by atoms with Crippen molar-refractivity contribution in [1.29, 1.82) is 0 Å². The summed E-state index contributed by atoms with van der Waals surface area (Å²) in [5.41, 5.74) is 41.5. The summed E-state index contributed by atoms with van der Waals surface area (Å²) in [6.45, 7) is 0. The first-order valence-electron chi connectivity index (χ1n) is 50.5. The van der Waals surface area contributed by atoms with Gasteiger partial charge in [0.05, 0.1) is 27.3 Å². The zero-order chi connectivity index (χ0) is 97.3. The largest absolute Gasteiger partial charge is 0.457 e. The van der Waals surface area contributed by atoms with Crippen molar-refractivity contribution in [3.8, 4) is 89.4 Å². The number of anilines is 6. The van der Waals surface area contributed by atoms with Gasteiger partial charge in [-0.15, -0.1) is 11.3 Å². The van der Waals surface area contributed by atoms with Gasteiger partial charge in [0.25, 0.3) is 0 Å². The highest BCUT2D eigenvalue weighted by atomic mass is 32.2. The summed E-state index contributed by atoms with van der Waals surface area (Å²) in [4.78, 5) is 5.23. The molecule has 148 heavy (non-hydrogen) atoms. The molecule has 9 heteroatoms. The molecular formula is C139H87N3O3S3. The highest BCUT2D eigenvalue weighted by Crippen LogP contribution is 2.67. The second-order valence-corrected chi connectivity index (χ2v) is 42.4. The van der Waals surface area contributed by atoms with Crippen molar-refractivity contribution in [3.63, 3.8) is 0 Å². The Morgan fingerprint density at radius 2 is 0.615 bits per heavy atom. The van der Waals surface area contributed by atoms with Crippen LogP contribution in [0.3, 0.4) is 0 Å². The van der Waals surface area contributed by atoms with Gasteiger partial charge in [0.15, 0.2) is 0 Å². The standard InChI is InChI=1S/C49H31NO2.C47H29NS2.C43H27NOS/c1-2-11-31(12-3-1)33-23-27-44-39(29-33)48-36(15-10-20-47(48)51-44)32-21-24-34(25-22-32)50-35-26-28-46-43(30-35)49(42-18-8-9-19-45(42)52-46)40-16-6-4-13-37(40)38-14-5-7-17-41(38)49;1-2-13-32-29(11-1)12-9-16-33(32)30-23-25-36-45(27-30)50-44-22-10-20-41(46(36)44)48-31-24-26-43-40(28-31)47(39-19-7-8-21-42(39)49-43)37-17-5-3-14-34(37)35-15-4-6-18-38(35)47;1-2-12-27(13-3-1)29-23-24-37(41-32-16-6-10-20-38(32)45-42(29)41)44-28-22-25-40-36(26-28)43(35-19-9-11-21-39(35)46-40)33-17-7-4-14-30(33)31-15-5-8-18-34(31)43/h1-30,50H;1-28,48H;1-26,44H. The minimum Gasteiger partial charge on any atom is -0.457 e. The Morgan fingerprint density at radius 3 is 1.24 bits per heavy atom. The van der Waals surface area contributed by atoms with Crippen LogP contribution in [0.2, 0.25) is 0 Å². The smallest absolute Gasteiger partial charge is 0.145 e. The number of benzene rings is 23. The molecular weight excluding hydrogens is 1860 g/mol. The highest BCUT2D eigenvalue weighted by Gasteiger charge is 2.54. The van der Waals surface area contributed by atoms with Crippen molar-refractivity contribution in [3.05, 3.63) is 576 Å². The van der Waals surface area contributed by atoms with E-state index in [-0.39, 0.29) is 5.41 Å². The molecule has 3 aliphatic carbocycles. The molecule has 3 aromatic heterocycles. The van der Waals surface area contributed by atoms with E-state index in [1.807, 2.05) is 40.9 Å². The van der Waals surface area contributed by atoms with E-state index in [9.17, 15) is 0 Å². The number of fused-ring (bicyclic) bond motifs is 37. The lowest BCUT2D eigenvalue weighted by atomic mass is 9.66. The van der Waals surface area contributed by atoms with Crippen LogP contribution in [0.5, 0.6) is 11.5 Å². The quantitative estimate of drug-likeness (QED) is 0.125. The molecule has 23 aromatic carbocycles. The van der Waals surface area contributed by atoms with Crippen LogP contribution in [0.15, 0.2) is 538 Å². The Balaban J connectivity index is 0.000000103. The molecule has 3 aliphatic heterocycles. The maximum absolute atomic E-state index is 6.62. The molecule has 0 saturated carbocycles. The van der Waals surface area contributed by atoms with Gasteiger partial charge in [-0.1, -0.05) is 394 Å². The summed E-state index contributed by atoms with van der Waals surface area (Å²) in [7, 11) is 0. The van der Waals surface area contributed by atoms with Crippen LogP contribution >= 0.6 is 34.9 Å². The molecule has 3 spiro atoms. The molecule has 6 nitrogen and oxygen atoms in total. The topological polar surface area (TPSA) is 71.6 Å². The Hall–Kier alpha value is -18.0. The first-order chi connectivity index (χ1) is 73.3. The summed E-state index contributed by atoms with van der Waals surface area (Å²) in [6, 6.07) is 185. The third kappa shape index (κ3) is 13.1. The molecule has 0 bridgehead atoms. The Morgan fingerprint density at radius 1 is 0.189 bits per heavy atom. The monoisotopic (exact) mass is 1940 g/mol. The SMILES string of the molecule is c1ccc(-c2ccc(Nc3ccc4c(c3)C3(c5ccccc5S4)c4ccccc4-c4ccccc43)c3c2oc2ccccc23)cc1.c1ccc(-c2ccc3oc4cccc(-c5ccc(Nc6ccc7c(c6)C6(c8ccccc8O7)c7ccccc7-c7ccccc76)cc5)c4c3c2)cc1.c1ccc2c(c1)Sc1ccc(Nc3cccc4sc5cc(-c6cccc7ccccc67)ccc5c34)cc1C21c2ccccc2-c2ccccc21. The molecule has 694 valence electrons. The molecule has 0 atom stereocenters. The lowest BCUT2D eigenvalue weighted by Gasteiger charge is -2.40. The van der Waals surface area contributed by atoms with Gasteiger partial charge in [0.1, 0.15) is 33.8 Å². The minimum atomic E-state index is -0.495. The van der Waals surface area contributed by atoms with Crippen LogP contribution in [0.25, 0.3) is 153 Å². The summed E-state index contributed by atoms with van der Waals surface area (Å²) < 4.78 is 22.1. The number of rotatable bonds is 10. The minimum absolute atomic E-state index is 0.388. The number of thiophene rings is 1. The average Bonchev–Trinajstić information content (AvgIpc) is 1.52. The van der Waals surface area contributed by atoms with Crippen LogP contribution in [0.4, 0.5) is 34.1 Å². The van der Waals surface area contributed by atoms with E-state index in [1.54, 1.807) is 0 Å². The zero-order valence-corrected chi connectivity index (χ0v) is 82.4. The molecule has 3 N–H and O–H groups in total. The number of furan rings is 2. The van der Waals surface area contributed by atoms with Gasteiger partial charge >= 0.3 is 0 Å². The second-order valence-electron chi connectivity index (χ2n) is 39.1. The summed E-state index contributed by atoms with van der Waals surface area (Å²) in [5, 5.41) is 21.1. The molecule has 0 unspecified atom stereocenters. The summed E-state index contributed by atoms with van der Waals surface area (Å²) >= 11 is 5.63. The van der Waals surface area contributed by atoms with Gasteiger partial charge in [-0.05, 0) is 278 Å². The molecule has 32 rings (SSSR count). The first kappa shape index (κ1) is 85.6. The van der Waals surface area contributed by atoms with Crippen molar-refractivity contribution in [2.24, 2.45) is 0 Å². The van der Waals surface area contributed by atoms with Gasteiger partial charge in [-0.25, -0.2) is 0 Å². The first-order valence-corrected chi connectivity index (χ1v) is 53.0. The molecule has 6 heterocycles. The number of para-hydroxylation sites is 2. The van der Waals surface area contributed by atoms with E-state index in [0.29, 0.717) is 0 Å². The van der Waals surface area contributed by atoms with Crippen LogP contribution in [0.1, 0.15) is 66.8 Å². The average molecular weight is 1940 g/mol. The van der Waals surface area contributed by atoms with E-state index >= 15 is 0 Å². The van der Waals surface area contributed by atoms with Crippen molar-refractivity contribution in [2.75, 3.05) is 16.0 Å². The summed E-state index contributed by atoms with van der Waals surface area (Å²) in [5.74, 6) is 1.77. The lowest BCUT2D eigenvalue weighted by molar-refractivity contribution is 0.436. The predicted octanol–water partition coefficient (Wildman–Crippen LogP) is 38.4. The Labute approximate surface area is 868 Å². The fourth-order valence-corrected chi connectivity index (χ4v) is 28.8. The van der Waals surface area contributed by atoms with Gasteiger partial charge in [-0.2, -0.15) is 0 Å². The van der Waals surface area contributed by atoms with Crippen molar-refractivity contribution < 1.29 is 13.6 Å². The van der Waals surface area contributed by atoms with Crippen LogP contribution in [0, 0.1) is 0 Å².